The summed E-state index contributed by atoms with van der Waals surface area (Å²) >= 11 is 0. The normalized spacial score (nSPS) is 12.1. The van der Waals surface area contributed by atoms with Gasteiger partial charge in [0.15, 0.2) is 5.58 Å². The number of rotatable bonds is 3. The maximum Gasteiger partial charge on any atom is 0.419 e. The maximum atomic E-state index is 11.6. The second kappa shape index (κ2) is 4.01. The van der Waals surface area contributed by atoms with E-state index in [0.717, 1.165) is 0 Å². The van der Waals surface area contributed by atoms with Gasteiger partial charge in [0.25, 0.3) is 0 Å². The Morgan fingerprint density at radius 1 is 1.41 bits per heavy atom. The zero-order valence-corrected chi connectivity index (χ0v) is 10.2. The van der Waals surface area contributed by atoms with Gasteiger partial charge >= 0.3 is 5.76 Å². The van der Waals surface area contributed by atoms with Gasteiger partial charge in [-0.15, -0.1) is 0 Å². The van der Waals surface area contributed by atoms with Gasteiger partial charge in [-0.1, -0.05) is 0 Å². The summed E-state index contributed by atoms with van der Waals surface area (Å²) in [4.78, 5) is 11.5. The van der Waals surface area contributed by atoms with E-state index in [0.29, 0.717) is 12.1 Å². The molecule has 92 valence electrons. The smallest absolute Gasteiger partial charge is 0.408 e. The second-order valence-electron chi connectivity index (χ2n) is 3.45. The van der Waals surface area contributed by atoms with Crippen LogP contribution < -0.4 is 10.5 Å². The Labute approximate surface area is 97.9 Å². The van der Waals surface area contributed by atoms with Gasteiger partial charge in [0.2, 0.25) is 10.0 Å². The van der Waals surface area contributed by atoms with Crippen LogP contribution in [-0.4, -0.2) is 20.0 Å². The van der Waals surface area contributed by atoms with Gasteiger partial charge in [-0.05, 0) is 26.1 Å². The molecule has 0 fully saturated rings. The third kappa shape index (κ3) is 1.87. The van der Waals surface area contributed by atoms with Crippen molar-refractivity contribution in [3.63, 3.8) is 0 Å². The Morgan fingerprint density at radius 2 is 2.12 bits per heavy atom. The predicted molar refractivity (Wildman–Crippen MR) is 62.4 cm³/mol. The van der Waals surface area contributed by atoms with E-state index in [1.54, 1.807) is 6.07 Å². The highest BCUT2D eigenvalue weighted by molar-refractivity contribution is 7.89. The number of benzene rings is 1. The van der Waals surface area contributed by atoms with Crippen molar-refractivity contribution in [3.05, 3.63) is 28.7 Å². The van der Waals surface area contributed by atoms with Crippen molar-refractivity contribution in [1.29, 1.82) is 0 Å². The Bertz CT molecular complexity index is 711. The fourth-order valence-electron chi connectivity index (χ4n) is 1.63. The third-order valence-electron chi connectivity index (χ3n) is 2.53. The van der Waals surface area contributed by atoms with E-state index < -0.39 is 15.8 Å². The highest BCUT2D eigenvalue weighted by Crippen LogP contribution is 2.18. The molecule has 1 aromatic heterocycles. The van der Waals surface area contributed by atoms with Gasteiger partial charge in [-0.2, -0.15) is 0 Å². The van der Waals surface area contributed by atoms with Gasteiger partial charge in [-0.25, -0.2) is 17.9 Å². The van der Waals surface area contributed by atoms with Crippen molar-refractivity contribution < 1.29 is 12.8 Å². The number of aromatic nitrogens is 1. The zero-order chi connectivity index (χ0) is 12.6. The van der Waals surface area contributed by atoms with Crippen LogP contribution in [0, 0.1) is 0 Å². The van der Waals surface area contributed by atoms with Crippen molar-refractivity contribution in [2.75, 3.05) is 7.05 Å². The molecule has 0 saturated carbocycles. The molecule has 2 rings (SSSR count). The molecule has 0 amide bonds. The molecule has 1 heterocycles. The van der Waals surface area contributed by atoms with Crippen LogP contribution in [-0.2, 0) is 16.6 Å². The molecule has 0 atom stereocenters. The molecule has 0 aliphatic rings. The lowest BCUT2D eigenvalue weighted by atomic mass is 10.3. The van der Waals surface area contributed by atoms with Crippen LogP contribution >= 0.6 is 0 Å². The third-order valence-corrected chi connectivity index (χ3v) is 3.95. The van der Waals surface area contributed by atoms with Crippen molar-refractivity contribution in [3.8, 4) is 0 Å². The number of sulfonamides is 1. The second-order valence-corrected chi connectivity index (χ2v) is 5.34. The molecule has 7 heteroatoms. The molecule has 0 unspecified atom stereocenters. The van der Waals surface area contributed by atoms with Crippen LogP contribution in [0.1, 0.15) is 6.92 Å². The number of nitrogens with zero attached hydrogens (tertiary/aromatic N) is 1. The largest absolute Gasteiger partial charge is 0.419 e. The van der Waals surface area contributed by atoms with Gasteiger partial charge < -0.3 is 4.42 Å². The van der Waals surface area contributed by atoms with Crippen LogP contribution in [0.4, 0.5) is 0 Å². The first-order valence-corrected chi connectivity index (χ1v) is 6.55. The van der Waals surface area contributed by atoms with E-state index in [-0.39, 0.29) is 10.5 Å². The van der Waals surface area contributed by atoms with Crippen LogP contribution in [0.5, 0.6) is 0 Å². The Hall–Kier alpha value is -1.60. The van der Waals surface area contributed by atoms with Gasteiger partial charge in [0, 0.05) is 12.6 Å². The lowest BCUT2D eigenvalue weighted by molar-refractivity contribution is 0.512. The minimum atomic E-state index is -3.52. The molecule has 6 nitrogen and oxygen atoms in total. The molecule has 17 heavy (non-hydrogen) atoms. The first-order valence-electron chi connectivity index (χ1n) is 5.06. The van der Waals surface area contributed by atoms with E-state index in [1.165, 1.54) is 23.7 Å². The number of hydrogen-bond donors (Lipinski definition) is 1. The molecule has 0 radical (unpaired) electrons. The number of nitrogens with one attached hydrogen (secondary N) is 1. The number of fused-ring (bicyclic) bond motifs is 1. The number of hydrogen-bond acceptors (Lipinski definition) is 4. The minimum Gasteiger partial charge on any atom is -0.408 e. The average molecular weight is 256 g/mol. The summed E-state index contributed by atoms with van der Waals surface area (Å²) in [5.41, 5.74) is 0.862. The summed E-state index contributed by atoms with van der Waals surface area (Å²) in [7, 11) is -2.19. The van der Waals surface area contributed by atoms with E-state index in [2.05, 4.69) is 4.72 Å². The molecule has 0 bridgehead atoms. The average Bonchev–Trinajstić information content (AvgIpc) is 2.63. The molecule has 1 N–H and O–H groups in total. The molecule has 2 aromatic rings. The van der Waals surface area contributed by atoms with Crippen molar-refractivity contribution in [1.82, 2.24) is 9.29 Å². The van der Waals surface area contributed by atoms with Crippen molar-refractivity contribution in [2.24, 2.45) is 0 Å². The Kier molecular flexibility index (Phi) is 2.80. The summed E-state index contributed by atoms with van der Waals surface area (Å²) in [5, 5.41) is 0. The first-order chi connectivity index (χ1) is 7.99. The standard InChI is InChI=1S/C10H12N2O4S/c1-3-12-8-5-4-7(17(14,15)11-2)6-9(8)16-10(12)13/h4-6,11H,3H2,1-2H3. The lowest BCUT2D eigenvalue weighted by Gasteiger charge is -2.01. The molecular weight excluding hydrogens is 244 g/mol. The lowest BCUT2D eigenvalue weighted by Crippen LogP contribution is -2.18. The van der Waals surface area contributed by atoms with E-state index >= 15 is 0 Å². The van der Waals surface area contributed by atoms with Gasteiger partial charge in [0.1, 0.15) is 0 Å². The van der Waals surface area contributed by atoms with E-state index in [1.807, 2.05) is 6.92 Å². The summed E-state index contributed by atoms with van der Waals surface area (Å²) in [5.74, 6) is -0.485. The Balaban J connectivity index is 2.73. The SMILES string of the molecule is CCn1c(=O)oc2cc(S(=O)(=O)NC)ccc21. The first kappa shape index (κ1) is 11.9. The Morgan fingerprint density at radius 3 is 2.71 bits per heavy atom. The zero-order valence-electron chi connectivity index (χ0n) is 9.43. The van der Waals surface area contributed by atoms with E-state index in [4.69, 9.17) is 4.42 Å². The molecule has 0 aliphatic carbocycles. The van der Waals surface area contributed by atoms with E-state index in [9.17, 15) is 13.2 Å². The number of oxazole rings is 1. The predicted octanol–water partition coefficient (Wildman–Crippen LogP) is 0.522. The van der Waals surface area contributed by atoms with Crippen LogP contribution in [0.2, 0.25) is 0 Å². The molecular formula is C10H12N2O4S. The highest BCUT2D eigenvalue weighted by atomic mass is 32.2. The molecule has 1 aromatic carbocycles. The van der Waals surface area contributed by atoms with Crippen LogP contribution in [0.3, 0.4) is 0 Å². The quantitative estimate of drug-likeness (QED) is 0.868. The van der Waals surface area contributed by atoms with Crippen molar-refractivity contribution >= 4 is 21.1 Å². The molecule has 0 saturated heterocycles. The summed E-state index contributed by atoms with van der Waals surface area (Å²) < 4.78 is 31.8. The van der Waals surface area contributed by atoms with Gasteiger partial charge in [0.05, 0.1) is 10.4 Å². The molecule has 0 spiro atoms. The summed E-state index contributed by atoms with van der Waals surface area (Å²) in [6.07, 6.45) is 0. The summed E-state index contributed by atoms with van der Waals surface area (Å²) in [6, 6.07) is 4.35. The monoisotopic (exact) mass is 256 g/mol. The van der Waals surface area contributed by atoms with Crippen molar-refractivity contribution in [2.45, 2.75) is 18.4 Å². The summed E-state index contributed by atoms with van der Waals surface area (Å²) in [6.45, 7) is 2.29. The fourth-order valence-corrected chi connectivity index (χ4v) is 2.38. The maximum absolute atomic E-state index is 11.6. The minimum absolute atomic E-state index is 0.0736. The topological polar surface area (TPSA) is 81.3 Å². The number of aryl methyl sites for hydroxylation is 1. The highest BCUT2D eigenvalue weighted by Gasteiger charge is 2.15. The van der Waals surface area contributed by atoms with Gasteiger partial charge in [-0.3, -0.25) is 4.57 Å². The van der Waals surface area contributed by atoms with Crippen LogP contribution in [0.15, 0.2) is 32.3 Å². The molecule has 0 aliphatic heterocycles. The van der Waals surface area contributed by atoms with Crippen LogP contribution in [0.25, 0.3) is 11.1 Å². The fraction of sp³-hybridized carbons (Fsp3) is 0.300.